The molecule has 184 valence electrons. The Morgan fingerprint density at radius 3 is 2.66 bits per heavy atom. The number of carbonyl (C=O) groups is 1. The minimum Gasteiger partial charge on any atom is -0.491 e. The molecule has 2 aromatic carbocycles. The van der Waals surface area contributed by atoms with E-state index in [4.69, 9.17) is 15.2 Å². The average molecular weight is 489 g/mol. The maximum absolute atomic E-state index is 15.2. The van der Waals surface area contributed by atoms with Crippen LogP contribution in [0.15, 0.2) is 30.3 Å². The topological polar surface area (TPSA) is 77.7 Å². The summed E-state index contributed by atoms with van der Waals surface area (Å²) >= 11 is 0. The summed E-state index contributed by atoms with van der Waals surface area (Å²) in [5.74, 6) is -1.04. The molecule has 0 aliphatic carbocycles. The van der Waals surface area contributed by atoms with Gasteiger partial charge in [0.05, 0.1) is 35.4 Å². The van der Waals surface area contributed by atoms with E-state index in [0.717, 1.165) is 23.3 Å². The van der Waals surface area contributed by atoms with Crippen molar-refractivity contribution >= 4 is 22.6 Å². The van der Waals surface area contributed by atoms with E-state index in [9.17, 15) is 18.0 Å². The van der Waals surface area contributed by atoms with E-state index in [1.807, 2.05) is 6.92 Å². The van der Waals surface area contributed by atoms with Gasteiger partial charge in [-0.1, -0.05) is 6.07 Å². The van der Waals surface area contributed by atoms with Crippen molar-refractivity contribution in [2.24, 2.45) is 0 Å². The zero-order valence-corrected chi connectivity index (χ0v) is 19.2. The van der Waals surface area contributed by atoms with Gasteiger partial charge in [-0.15, -0.1) is 0 Å². The molecule has 2 atom stereocenters. The molecule has 0 fully saturated rings. The van der Waals surface area contributed by atoms with Crippen molar-refractivity contribution in [1.29, 1.82) is 0 Å². The summed E-state index contributed by atoms with van der Waals surface area (Å²) in [5.41, 5.74) is 7.30. The van der Waals surface area contributed by atoms with Gasteiger partial charge in [-0.25, -0.2) is 9.37 Å². The number of carbonyl (C=O) groups excluding carboxylic acids is 1. The number of amides is 1. The molecule has 10 heteroatoms. The molecule has 0 saturated carbocycles. The number of hydrogen-bond donors (Lipinski definition) is 1. The molecule has 2 aliphatic rings. The van der Waals surface area contributed by atoms with Crippen LogP contribution in [0.5, 0.6) is 5.75 Å². The van der Waals surface area contributed by atoms with E-state index in [1.165, 1.54) is 23.1 Å². The van der Waals surface area contributed by atoms with E-state index < -0.39 is 35.5 Å². The number of nitrogens with zero attached hydrogens (tertiary/aromatic N) is 2. The second-order valence-electron chi connectivity index (χ2n) is 9.08. The van der Waals surface area contributed by atoms with Crippen molar-refractivity contribution < 1.29 is 31.8 Å². The summed E-state index contributed by atoms with van der Waals surface area (Å²) in [6.45, 7) is 5.59. The number of anilines is 1. The highest BCUT2D eigenvalue weighted by molar-refractivity contribution is 6.00. The van der Waals surface area contributed by atoms with Crippen LogP contribution in [0.1, 0.15) is 65.5 Å². The number of aromatic nitrogens is 1. The normalized spacial score (nSPS) is 19.1. The Morgan fingerprint density at radius 1 is 1.23 bits per heavy atom. The first-order valence-corrected chi connectivity index (χ1v) is 11.2. The number of ether oxygens (including phenoxy) is 2. The van der Waals surface area contributed by atoms with E-state index >= 15 is 4.39 Å². The molecule has 3 aromatic rings. The van der Waals surface area contributed by atoms with Gasteiger partial charge in [-0.2, -0.15) is 13.2 Å². The summed E-state index contributed by atoms with van der Waals surface area (Å²) in [5, 5.41) is 0.574. The van der Waals surface area contributed by atoms with Gasteiger partial charge in [0.15, 0.2) is 0 Å². The summed E-state index contributed by atoms with van der Waals surface area (Å²) in [7, 11) is 0. The van der Waals surface area contributed by atoms with E-state index in [1.54, 1.807) is 13.8 Å². The smallest absolute Gasteiger partial charge is 0.416 e. The highest BCUT2D eigenvalue weighted by Crippen LogP contribution is 2.42. The summed E-state index contributed by atoms with van der Waals surface area (Å²) in [6, 6.07) is 4.77. The van der Waals surface area contributed by atoms with Crippen molar-refractivity contribution in [3.8, 4) is 5.75 Å². The summed E-state index contributed by atoms with van der Waals surface area (Å²) < 4.78 is 65.8. The molecule has 1 aromatic heterocycles. The van der Waals surface area contributed by atoms with Gasteiger partial charge >= 0.3 is 6.18 Å². The lowest BCUT2D eigenvalue weighted by molar-refractivity contribution is -0.137. The van der Waals surface area contributed by atoms with Crippen LogP contribution in [0.25, 0.3) is 10.9 Å². The van der Waals surface area contributed by atoms with Crippen LogP contribution in [0.2, 0.25) is 0 Å². The Balaban J connectivity index is 1.57. The number of benzene rings is 2. The first-order valence-electron chi connectivity index (χ1n) is 11.2. The van der Waals surface area contributed by atoms with Crippen LogP contribution in [0, 0.1) is 5.82 Å². The standard InChI is InChI=1S/C25H23F4N3O3/c1-11(2)32(20-10-35-21-6-13(25(27,28)29)4-5-14(20)21)24(33)16-7-15-17-9-34-12(3)22(17)23(30)31-19(15)8-18(16)26/h4-8,11-12,20H,9-10H2,1-3H3,(H2,30,31)/t12-,20-/m1/s1. The van der Waals surface area contributed by atoms with Crippen LogP contribution >= 0.6 is 0 Å². The third-order valence-electron chi connectivity index (χ3n) is 6.59. The maximum Gasteiger partial charge on any atom is 0.416 e. The van der Waals surface area contributed by atoms with E-state index in [-0.39, 0.29) is 36.4 Å². The van der Waals surface area contributed by atoms with Crippen LogP contribution in [-0.4, -0.2) is 28.4 Å². The monoisotopic (exact) mass is 489 g/mol. The summed E-state index contributed by atoms with van der Waals surface area (Å²) in [6.07, 6.45) is -4.79. The summed E-state index contributed by atoms with van der Waals surface area (Å²) in [4.78, 5) is 19.4. The third-order valence-corrected chi connectivity index (χ3v) is 6.59. The lowest BCUT2D eigenvalue weighted by Crippen LogP contribution is -2.41. The Hall–Kier alpha value is -3.40. The zero-order valence-electron chi connectivity index (χ0n) is 19.2. The molecule has 0 saturated heterocycles. The number of nitrogen functional groups attached to an aromatic ring is 1. The van der Waals surface area contributed by atoms with Crippen LogP contribution < -0.4 is 10.5 Å². The largest absolute Gasteiger partial charge is 0.491 e. The minimum absolute atomic E-state index is 0.0331. The molecule has 2 aliphatic heterocycles. The van der Waals surface area contributed by atoms with Gasteiger partial charge in [0.25, 0.3) is 5.91 Å². The fourth-order valence-corrected chi connectivity index (χ4v) is 4.93. The van der Waals surface area contributed by atoms with Crippen LogP contribution in [0.4, 0.5) is 23.4 Å². The van der Waals surface area contributed by atoms with Gasteiger partial charge in [0.2, 0.25) is 0 Å². The molecule has 0 unspecified atom stereocenters. The zero-order chi connectivity index (χ0) is 25.2. The lowest BCUT2D eigenvalue weighted by atomic mass is 9.98. The molecule has 2 N–H and O–H groups in total. The van der Waals surface area contributed by atoms with Crippen molar-refractivity contribution in [1.82, 2.24) is 9.88 Å². The second-order valence-corrected chi connectivity index (χ2v) is 9.08. The van der Waals surface area contributed by atoms with Gasteiger partial charge in [-0.05, 0) is 44.5 Å². The number of alkyl halides is 3. The molecule has 1 amide bonds. The van der Waals surface area contributed by atoms with Crippen LogP contribution in [0.3, 0.4) is 0 Å². The first kappa shape index (κ1) is 23.3. The van der Waals surface area contributed by atoms with Crippen molar-refractivity contribution in [2.45, 2.75) is 51.7 Å². The molecule has 0 spiro atoms. The van der Waals surface area contributed by atoms with Gasteiger partial charge in [0.1, 0.15) is 24.0 Å². The second kappa shape index (κ2) is 8.08. The predicted molar refractivity (Wildman–Crippen MR) is 120 cm³/mol. The Kier molecular flexibility index (Phi) is 5.39. The highest BCUT2D eigenvalue weighted by atomic mass is 19.4. The van der Waals surface area contributed by atoms with Gasteiger partial charge in [0, 0.05) is 28.6 Å². The average Bonchev–Trinajstić information content (AvgIpc) is 3.36. The van der Waals surface area contributed by atoms with Gasteiger partial charge < -0.3 is 20.1 Å². The maximum atomic E-state index is 15.2. The Labute approximate surface area is 198 Å². The van der Waals surface area contributed by atoms with E-state index in [0.29, 0.717) is 16.5 Å². The molecule has 35 heavy (non-hydrogen) atoms. The Morgan fingerprint density at radius 2 is 1.97 bits per heavy atom. The quantitative estimate of drug-likeness (QED) is 0.488. The Bertz CT molecular complexity index is 1360. The fourth-order valence-electron chi connectivity index (χ4n) is 4.93. The SMILES string of the molecule is CC(C)N(C(=O)c1cc2c3c(c(N)nc2cc1F)[C@@H](C)OC3)[C@@H]1COc2cc(C(F)(F)F)ccc21. The predicted octanol–water partition coefficient (Wildman–Crippen LogP) is 5.55. The molecular formula is C25H23F4N3O3. The van der Waals surface area contributed by atoms with Crippen molar-refractivity contribution in [2.75, 3.05) is 12.3 Å². The fraction of sp³-hybridized carbons (Fsp3) is 0.360. The minimum atomic E-state index is -4.52. The molecule has 6 nitrogen and oxygen atoms in total. The number of halogens is 4. The number of rotatable bonds is 3. The number of pyridine rings is 1. The molecule has 3 heterocycles. The number of nitrogens with two attached hydrogens (primary N) is 1. The van der Waals surface area contributed by atoms with Crippen molar-refractivity contribution in [3.63, 3.8) is 0 Å². The highest BCUT2D eigenvalue weighted by Gasteiger charge is 2.38. The van der Waals surface area contributed by atoms with Crippen LogP contribution in [-0.2, 0) is 17.5 Å². The third kappa shape index (κ3) is 3.76. The number of fused-ring (bicyclic) bond motifs is 4. The molecule has 5 rings (SSSR count). The van der Waals surface area contributed by atoms with Gasteiger partial charge in [-0.3, -0.25) is 4.79 Å². The molecular weight excluding hydrogens is 466 g/mol. The number of hydrogen-bond acceptors (Lipinski definition) is 5. The van der Waals surface area contributed by atoms with E-state index in [2.05, 4.69) is 4.98 Å². The lowest BCUT2D eigenvalue weighted by Gasteiger charge is -2.32. The molecule has 0 radical (unpaired) electrons. The molecule has 0 bridgehead atoms. The first-order chi connectivity index (χ1) is 16.5. The van der Waals surface area contributed by atoms with Crippen molar-refractivity contribution in [3.05, 3.63) is 64.0 Å².